The minimum atomic E-state index is -0.856. The van der Waals surface area contributed by atoms with Crippen molar-refractivity contribution in [1.82, 2.24) is 14.8 Å². The molecule has 1 aromatic heterocycles. The molecule has 1 aromatic rings. The molecule has 2 aliphatic rings. The molecule has 7 heteroatoms. The first-order chi connectivity index (χ1) is 10.5. The second-order valence-corrected chi connectivity index (χ2v) is 7.47. The molecule has 2 aliphatic heterocycles. The van der Waals surface area contributed by atoms with Gasteiger partial charge in [0.1, 0.15) is 5.01 Å². The van der Waals surface area contributed by atoms with Gasteiger partial charge in [0, 0.05) is 42.5 Å². The number of hydrogen-bond acceptors (Lipinski definition) is 4. The molecule has 0 aromatic carbocycles. The van der Waals surface area contributed by atoms with E-state index in [2.05, 4.69) is 11.9 Å². The van der Waals surface area contributed by atoms with Crippen LogP contribution in [0.1, 0.15) is 36.1 Å². The van der Waals surface area contributed by atoms with Crippen molar-refractivity contribution in [1.29, 1.82) is 0 Å². The summed E-state index contributed by atoms with van der Waals surface area (Å²) in [5, 5.41) is 10.0. The van der Waals surface area contributed by atoms with Gasteiger partial charge >= 0.3 is 6.09 Å². The van der Waals surface area contributed by atoms with Crippen LogP contribution in [-0.4, -0.2) is 51.5 Å². The highest BCUT2D eigenvalue weighted by Gasteiger charge is 2.45. The summed E-state index contributed by atoms with van der Waals surface area (Å²) in [5.74, 6) is 0.178. The van der Waals surface area contributed by atoms with Crippen molar-refractivity contribution < 1.29 is 14.7 Å². The molecule has 0 aliphatic carbocycles. The number of hydrogen-bond donors (Lipinski definition) is 1. The first kappa shape index (κ1) is 15.3. The van der Waals surface area contributed by atoms with Crippen LogP contribution in [0.25, 0.3) is 0 Å². The molecule has 1 spiro atoms. The second-order valence-electron chi connectivity index (χ2n) is 6.27. The Balaban J connectivity index is 1.62. The van der Waals surface area contributed by atoms with E-state index in [9.17, 15) is 9.59 Å². The number of carbonyl (C=O) groups is 2. The van der Waals surface area contributed by atoms with Crippen molar-refractivity contribution in [3.05, 3.63) is 16.1 Å². The number of carboxylic acid groups (broad SMARTS) is 1. The third kappa shape index (κ3) is 2.95. The number of nitrogens with zero attached hydrogens (tertiary/aromatic N) is 3. The largest absolute Gasteiger partial charge is 0.465 e. The van der Waals surface area contributed by atoms with Crippen LogP contribution in [0, 0.1) is 5.41 Å². The Kier molecular flexibility index (Phi) is 4.08. The van der Waals surface area contributed by atoms with E-state index in [-0.39, 0.29) is 11.3 Å². The minimum absolute atomic E-state index is 0.0339. The number of aryl methyl sites for hydroxylation is 1. The van der Waals surface area contributed by atoms with Crippen LogP contribution in [-0.2, 0) is 17.8 Å². The van der Waals surface area contributed by atoms with Gasteiger partial charge in [0.15, 0.2) is 0 Å². The third-order valence-electron chi connectivity index (χ3n) is 4.78. The molecule has 0 atom stereocenters. The molecule has 3 rings (SSSR count). The summed E-state index contributed by atoms with van der Waals surface area (Å²) in [6.07, 6.45) is 4.11. The number of rotatable bonds is 3. The fraction of sp³-hybridized carbons (Fsp3) is 0.667. The lowest BCUT2D eigenvalue weighted by Crippen LogP contribution is -2.43. The molecule has 6 nitrogen and oxygen atoms in total. The molecule has 120 valence electrons. The van der Waals surface area contributed by atoms with Gasteiger partial charge in [0.05, 0.1) is 6.54 Å². The molecule has 1 N–H and O–H groups in total. The minimum Gasteiger partial charge on any atom is -0.465 e. The molecule has 3 heterocycles. The van der Waals surface area contributed by atoms with E-state index in [0.29, 0.717) is 26.1 Å². The van der Waals surface area contributed by atoms with Crippen molar-refractivity contribution in [2.75, 3.05) is 19.6 Å². The SMILES string of the molecule is CCc1cnc(CN2CC3(CCN(C(=O)O)CC3)CC2=O)s1. The molecule has 0 unspecified atom stereocenters. The van der Waals surface area contributed by atoms with Gasteiger partial charge in [-0.25, -0.2) is 9.78 Å². The van der Waals surface area contributed by atoms with Crippen LogP contribution in [0.4, 0.5) is 4.79 Å². The van der Waals surface area contributed by atoms with Gasteiger partial charge in [0.2, 0.25) is 5.91 Å². The quantitative estimate of drug-likeness (QED) is 0.925. The van der Waals surface area contributed by atoms with Crippen LogP contribution >= 0.6 is 11.3 Å². The summed E-state index contributed by atoms with van der Waals surface area (Å²) in [6.45, 7) is 4.50. The van der Waals surface area contributed by atoms with E-state index in [4.69, 9.17) is 5.11 Å². The molecule has 0 radical (unpaired) electrons. The number of piperidine rings is 1. The smallest absolute Gasteiger partial charge is 0.407 e. The average molecular weight is 323 g/mol. The highest BCUT2D eigenvalue weighted by Crippen LogP contribution is 2.41. The summed E-state index contributed by atoms with van der Waals surface area (Å²) in [7, 11) is 0. The normalized spacial score (nSPS) is 20.9. The zero-order valence-corrected chi connectivity index (χ0v) is 13.6. The fourth-order valence-electron chi connectivity index (χ4n) is 3.38. The van der Waals surface area contributed by atoms with Crippen molar-refractivity contribution in [2.45, 2.75) is 39.2 Å². The van der Waals surface area contributed by atoms with Gasteiger partial charge < -0.3 is 14.9 Å². The van der Waals surface area contributed by atoms with Crippen LogP contribution < -0.4 is 0 Å². The summed E-state index contributed by atoms with van der Waals surface area (Å²) < 4.78 is 0. The lowest BCUT2D eigenvalue weighted by Gasteiger charge is -2.37. The molecule has 2 fully saturated rings. The summed E-state index contributed by atoms with van der Waals surface area (Å²) in [5.41, 5.74) is -0.0339. The first-order valence-corrected chi connectivity index (χ1v) is 8.52. The van der Waals surface area contributed by atoms with Gasteiger partial charge in [0.25, 0.3) is 0 Å². The van der Waals surface area contributed by atoms with E-state index in [0.717, 1.165) is 30.8 Å². The maximum absolute atomic E-state index is 12.3. The third-order valence-corrected chi connectivity index (χ3v) is 5.90. The lowest BCUT2D eigenvalue weighted by atomic mass is 9.78. The lowest BCUT2D eigenvalue weighted by molar-refractivity contribution is -0.128. The second kappa shape index (κ2) is 5.87. The van der Waals surface area contributed by atoms with Crippen molar-refractivity contribution in [3.63, 3.8) is 0 Å². The monoisotopic (exact) mass is 323 g/mol. The highest BCUT2D eigenvalue weighted by atomic mass is 32.1. The first-order valence-electron chi connectivity index (χ1n) is 7.70. The van der Waals surface area contributed by atoms with E-state index in [1.54, 1.807) is 11.3 Å². The summed E-state index contributed by atoms with van der Waals surface area (Å²) >= 11 is 1.67. The molecule has 2 amide bonds. The summed E-state index contributed by atoms with van der Waals surface area (Å²) in [4.78, 5) is 32.3. The predicted octanol–water partition coefficient (Wildman–Crippen LogP) is 2.20. The maximum Gasteiger partial charge on any atom is 0.407 e. The topological polar surface area (TPSA) is 73.7 Å². The Morgan fingerprint density at radius 1 is 1.45 bits per heavy atom. The van der Waals surface area contributed by atoms with Crippen molar-refractivity contribution in [3.8, 4) is 0 Å². The molecular weight excluding hydrogens is 302 g/mol. The van der Waals surface area contributed by atoms with Crippen LogP contribution in [0.15, 0.2) is 6.20 Å². The Morgan fingerprint density at radius 2 is 2.18 bits per heavy atom. The number of amides is 2. The van der Waals surface area contributed by atoms with Gasteiger partial charge in [-0.05, 0) is 19.3 Å². The van der Waals surface area contributed by atoms with E-state index in [1.807, 2.05) is 11.1 Å². The van der Waals surface area contributed by atoms with Gasteiger partial charge in [-0.15, -0.1) is 11.3 Å². The Labute approximate surface area is 133 Å². The number of carbonyl (C=O) groups excluding carboxylic acids is 1. The number of thiazole rings is 1. The van der Waals surface area contributed by atoms with E-state index < -0.39 is 6.09 Å². The predicted molar refractivity (Wildman–Crippen MR) is 82.8 cm³/mol. The Hall–Kier alpha value is -1.63. The van der Waals surface area contributed by atoms with Crippen LogP contribution in [0.5, 0.6) is 0 Å². The van der Waals surface area contributed by atoms with E-state index >= 15 is 0 Å². The van der Waals surface area contributed by atoms with Crippen molar-refractivity contribution in [2.24, 2.45) is 5.41 Å². The Morgan fingerprint density at radius 3 is 2.77 bits per heavy atom. The molecule has 22 heavy (non-hydrogen) atoms. The summed E-state index contributed by atoms with van der Waals surface area (Å²) in [6, 6.07) is 0. The molecular formula is C15H21N3O3S. The van der Waals surface area contributed by atoms with Gasteiger partial charge in [-0.2, -0.15) is 0 Å². The zero-order chi connectivity index (χ0) is 15.7. The zero-order valence-electron chi connectivity index (χ0n) is 12.7. The van der Waals surface area contributed by atoms with Crippen molar-refractivity contribution >= 4 is 23.3 Å². The van der Waals surface area contributed by atoms with E-state index in [1.165, 1.54) is 9.78 Å². The molecule has 0 saturated carbocycles. The highest BCUT2D eigenvalue weighted by molar-refractivity contribution is 7.11. The molecule has 2 saturated heterocycles. The standard InChI is InChI=1S/C15H21N3O3S/c1-2-11-8-16-12(22-11)9-18-10-15(7-13(18)19)3-5-17(6-4-15)14(20)21/h8H,2-7,9-10H2,1H3,(H,20,21). The van der Waals surface area contributed by atoms with Gasteiger partial charge in [-0.3, -0.25) is 4.79 Å². The van der Waals surface area contributed by atoms with Gasteiger partial charge in [-0.1, -0.05) is 6.92 Å². The Bertz CT molecular complexity index is 578. The maximum atomic E-state index is 12.3. The fourth-order valence-corrected chi connectivity index (χ4v) is 4.26. The molecule has 0 bridgehead atoms. The number of aromatic nitrogens is 1. The number of likely N-dealkylation sites (tertiary alicyclic amines) is 2. The van der Waals surface area contributed by atoms with Crippen LogP contribution in [0.3, 0.4) is 0 Å². The van der Waals surface area contributed by atoms with Crippen LogP contribution in [0.2, 0.25) is 0 Å². The average Bonchev–Trinajstić information content (AvgIpc) is 3.05.